The Morgan fingerprint density at radius 3 is 2.64 bits per heavy atom. The first-order valence-corrected chi connectivity index (χ1v) is 5.08. The van der Waals surface area contributed by atoms with Crippen LogP contribution in [-0.2, 0) is 9.59 Å². The fraction of sp³-hybridized carbons (Fsp3) is 0.800. The molecule has 0 aliphatic carbocycles. The third kappa shape index (κ3) is 2.32. The van der Waals surface area contributed by atoms with Crippen molar-refractivity contribution in [2.45, 2.75) is 39.2 Å². The van der Waals surface area contributed by atoms with E-state index in [4.69, 9.17) is 0 Å². The predicted octanol–water partition coefficient (Wildman–Crippen LogP) is 0.542. The zero-order valence-corrected chi connectivity index (χ0v) is 8.69. The summed E-state index contributed by atoms with van der Waals surface area (Å²) in [6.45, 7) is 3.99. The summed E-state index contributed by atoms with van der Waals surface area (Å²) >= 11 is 0. The van der Waals surface area contributed by atoms with Gasteiger partial charge in [-0.25, -0.2) is 0 Å². The summed E-state index contributed by atoms with van der Waals surface area (Å²) in [4.78, 5) is 24.0. The number of imide groups is 1. The monoisotopic (exact) mass is 199 g/mol. The minimum absolute atomic E-state index is 0.0988. The molecule has 1 rings (SSSR count). The molecule has 2 atom stereocenters. The van der Waals surface area contributed by atoms with Crippen molar-refractivity contribution in [3.8, 4) is 0 Å². The number of aliphatic hydroxyl groups is 1. The molecule has 1 heterocycles. The van der Waals surface area contributed by atoms with Crippen molar-refractivity contribution >= 4 is 11.8 Å². The summed E-state index contributed by atoms with van der Waals surface area (Å²) in [5.74, 6) is -0.384. The Bertz CT molecular complexity index is 240. The number of amides is 2. The fourth-order valence-corrected chi connectivity index (χ4v) is 1.57. The van der Waals surface area contributed by atoms with Gasteiger partial charge in [0.05, 0.1) is 6.10 Å². The van der Waals surface area contributed by atoms with Crippen LogP contribution in [0.1, 0.15) is 33.1 Å². The van der Waals surface area contributed by atoms with Gasteiger partial charge in [-0.05, 0) is 12.8 Å². The number of aliphatic hydroxyl groups excluding tert-OH is 1. The van der Waals surface area contributed by atoms with Crippen LogP contribution in [0.3, 0.4) is 0 Å². The van der Waals surface area contributed by atoms with Gasteiger partial charge in [-0.15, -0.1) is 0 Å². The smallest absolute Gasteiger partial charge is 0.232 e. The maximum Gasteiger partial charge on any atom is 0.232 e. The minimum Gasteiger partial charge on any atom is -0.393 e. The third-order valence-corrected chi connectivity index (χ3v) is 2.63. The molecule has 0 saturated carbocycles. The van der Waals surface area contributed by atoms with E-state index < -0.39 is 6.10 Å². The van der Waals surface area contributed by atoms with Crippen molar-refractivity contribution in [3.63, 3.8) is 0 Å². The lowest BCUT2D eigenvalue weighted by molar-refractivity contribution is -0.139. The Balaban J connectivity index is 2.44. The number of nitrogens with zero attached hydrogens (tertiary/aromatic N) is 1. The minimum atomic E-state index is -0.411. The van der Waals surface area contributed by atoms with E-state index in [-0.39, 0.29) is 17.7 Å². The van der Waals surface area contributed by atoms with E-state index in [0.29, 0.717) is 25.8 Å². The van der Waals surface area contributed by atoms with Crippen LogP contribution in [0.5, 0.6) is 0 Å². The Labute approximate surface area is 83.9 Å². The molecule has 0 bridgehead atoms. The van der Waals surface area contributed by atoms with Crippen molar-refractivity contribution in [1.82, 2.24) is 4.90 Å². The molecule has 1 aliphatic heterocycles. The molecule has 14 heavy (non-hydrogen) atoms. The van der Waals surface area contributed by atoms with Gasteiger partial charge in [0.2, 0.25) is 11.8 Å². The van der Waals surface area contributed by atoms with Gasteiger partial charge in [0.25, 0.3) is 0 Å². The molecule has 0 radical (unpaired) electrons. The zero-order valence-electron chi connectivity index (χ0n) is 8.69. The standard InChI is InChI=1S/C10H17NO3/c1-3-8(12)4-5-11-9(13)6-7(2)10(11)14/h7-8,12H,3-6H2,1-2H3. The molecular formula is C10H17NO3. The van der Waals surface area contributed by atoms with E-state index in [1.807, 2.05) is 6.92 Å². The van der Waals surface area contributed by atoms with Crippen LogP contribution in [-0.4, -0.2) is 34.5 Å². The number of rotatable bonds is 4. The van der Waals surface area contributed by atoms with Gasteiger partial charge in [-0.2, -0.15) is 0 Å². The van der Waals surface area contributed by atoms with Crippen LogP contribution >= 0.6 is 0 Å². The first kappa shape index (κ1) is 11.2. The second-order valence-corrected chi connectivity index (χ2v) is 3.84. The van der Waals surface area contributed by atoms with E-state index in [1.54, 1.807) is 6.92 Å². The van der Waals surface area contributed by atoms with Crippen LogP contribution in [0.25, 0.3) is 0 Å². The topological polar surface area (TPSA) is 57.6 Å². The second-order valence-electron chi connectivity index (χ2n) is 3.84. The lowest BCUT2D eigenvalue weighted by atomic mass is 10.1. The van der Waals surface area contributed by atoms with E-state index in [2.05, 4.69) is 0 Å². The lowest BCUT2D eigenvalue weighted by Gasteiger charge is -2.16. The molecular weight excluding hydrogens is 182 g/mol. The van der Waals surface area contributed by atoms with Gasteiger partial charge in [0.15, 0.2) is 0 Å². The number of likely N-dealkylation sites (tertiary alicyclic amines) is 1. The average Bonchev–Trinajstić information content (AvgIpc) is 2.39. The van der Waals surface area contributed by atoms with Gasteiger partial charge in [0.1, 0.15) is 0 Å². The van der Waals surface area contributed by atoms with Crippen molar-refractivity contribution < 1.29 is 14.7 Å². The zero-order chi connectivity index (χ0) is 10.7. The predicted molar refractivity (Wildman–Crippen MR) is 51.4 cm³/mol. The Morgan fingerprint density at radius 2 is 2.21 bits per heavy atom. The van der Waals surface area contributed by atoms with E-state index in [0.717, 1.165) is 0 Å². The van der Waals surface area contributed by atoms with E-state index in [1.165, 1.54) is 4.90 Å². The largest absolute Gasteiger partial charge is 0.393 e. The van der Waals surface area contributed by atoms with E-state index in [9.17, 15) is 14.7 Å². The van der Waals surface area contributed by atoms with Crippen LogP contribution < -0.4 is 0 Å². The van der Waals surface area contributed by atoms with Crippen molar-refractivity contribution in [2.24, 2.45) is 5.92 Å². The van der Waals surface area contributed by atoms with E-state index >= 15 is 0 Å². The van der Waals surface area contributed by atoms with Gasteiger partial charge >= 0.3 is 0 Å². The maximum absolute atomic E-state index is 11.4. The SMILES string of the molecule is CCC(O)CCN1C(=O)CC(C)C1=O. The highest BCUT2D eigenvalue weighted by molar-refractivity contribution is 6.03. The molecule has 1 fully saturated rings. The number of carbonyl (C=O) groups is 2. The molecule has 1 aliphatic rings. The number of hydrogen-bond acceptors (Lipinski definition) is 3. The Hall–Kier alpha value is -0.900. The molecule has 0 aromatic heterocycles. The molecule has 2 amide bonds. The fourth-order valence-electron chi connectivity index (χ4n) is 1.57. The Morgan fingerprint density at radius 1 is 1.57 bits per heavy atom. The number of hydrogen-bond donors (Lipinski definition) is 1. The van der Waals surface area contributed by atoms with Gasteiger partial charge in [0, 0.05) is 18.9 Å². The lowest BCUT2D eigenvalue weighted by Crippen LogP contribution is -2.33. The molecule has 1 saturated heterocycles. The Kier molecular flexibility index (Phi) is 3.63. The average molecular weight is 199 g/mol. The summed E-state index contributed by atoms with van der Waals surface area (Å²) < 4.78 is 0. The van der Waals surface area contributed by atoms with Gasteiger partial charge in [-0.3, -0.25) is 14.5 Å². The highest BCUT2D eigenvalue weighted by Crippen LogP contribution is 2.19. The first-order chi connectivity index (χ1) is 6.56. The highest BCUT2D eigenvalue weighted by Gasteiger charge is 2.35. The quantitative estimate of drug-likeness (QED) is 0.672. The van der Waals surface area contributed by atoms with Crippen LogP contribution in [0, 0.1) is 5.92 Å². The molecule has 0 spiro atoms. The van der Waals surface area contributed by atoms with Crippen LogP contribution in [0.2, 0.25) is 0 Å². The molecule has 0 aromatic rings. The van der Waals surface area contributed by atoms with Gasteiger partial charge < -0.3 is 5.11 Å². The van der Waals surface area contributed by atoms with Crippen LogP contribution in [0.4, 0.5) is 0 Å². The third-order valence-electron chi connectivity index (χ3n) is 2.63. The molecule has 4 nitrogen and oxygen atoms in total. The molecule has 2 unspecified atom stereocenters. The molecule has 1 N–H and O–H groups in total. The summed E-state index contributed by atoms with van der Waals surface area (Å²) in [6.07, 6.45) is 1.06. The summed E-state index contributed by atoms with van der Waals surface area (Å²) in [5.41, 5.74) is 0. The van der Waals surface area contributed by atoms with Crippen molar-refractivity contribution in [3.05, 3.63) is 0 Å². The summed E-state index contributed by atoms with van der Waals surface area (Å²) in [5, 5.41) is 9.31. The summed E-state index contributed by atoms with van der Waals surface area (Å²) in [7, 11) is 0. The highest BCUT2D eigenvalue weighted by atomic mass is 16.3. The van der Waals surface area contributed by atoms with Crippen LogP contribution in [0.15, 0.2) is 0 Å². The summed E-state index contributed by atoms with van der Waals surface area (Å²) in [6, 6.07) is 0. The number of carbonyl (C=O) groups excluding carboxylic acids is 2. The second kappa shape index (κ2) is 4.55. The van der Waals surface area contributed by atoms with Crippen molar-refractivity contribution in [2.75, 3.05) is 6.54 Å². The molecule has 80 valence electrons. The van der Waals surface area contributed by atoms with Gasteiger partial charge in [-0.1, -0.05) is 13.8 Å². The van der Waals surface area contributed by atoms with Crippen molar-refractivity contribution in [1.29, 1.82) is 0 Å². The molecule has 0 aromatic carbocycles. The normalized spacial score (nSPS) is 24.5. The maximum atomic E-state index is 11.4. The molecule has 4 heteroatoms. The first-order valence-electron chi connectivity index (χ1n) is 5.08.